The normalized spacial score (nSPS) is 12.3. The largest absolute Gasteiger partial charge is 0.344 e. The molecule has 136 valence electrons. The molecule has 4 aromatic rings. The number of aryl methyl sites for hydroxylation is 1. The zero-order valence-electron chi connectivity index (χ0n) is 14.9. The minimum Gasteiger partial charge on any atom is -0.344 e. The molecule has 0 saturated heterocycles. The van der Waals surface area contributed by atoms with Crippen molar-refractivity contribution in [2.24, 2.45) is 7.05 Å². The second kappa shape index (κ2) is 6.68. The third-order valence-electron chi connectivity index (χ3n) is 4.62. The van der Waals surface area contributed by atoms with Crippen LogP contribution in [-0.4, -0.2) is 25.7 Å². The fourth-order valence-electron chi connectivity index (χ4n) is 3.14. The van der Waals surface area contributed by atoms with Crippen molar-refractivity contribution in [1.82, 2.24) is 25.1 Å². The number of halogens is 1. The second-order valence-electron chi connectivity index (χ2n) is 6.40. The number of aromatic amines is 1. The van der Waals surface area contributed by atoms with Gasteiger partial charge in [-0.1, -0.05) is 18.2 Å². The molecule has 0 aliphatic heterocycles. The highest BCUT2D eigenvalue weighted by molar-refractivity contribution is 5.98. The Balaban J connectivity index is 1.64. The number of nitrogens with zero attached hydrogens (tertiary/aromatic N) is 3. The number of pyridine rings is 1. The van der Waals surface area contributed by atoms with E-state index in [1.807, 2.05) is 12.1 Å². The van der Waals surface area contributed by atoms with Gasteiger partial charge in [0, 0.05) is 29.8 Å². The number of hydrogen-bond donors (Lipinski definition) is 2. The summed E-state index contributed by atoms with van der Waals surface area (Å²) < 4.78 is 15.7. The highest BCUT2D eigenvalue weighted by atomic mass is 19.1. The summed E-state index contributed by atoms with van der Waals surface area (Å²) in [5.74, 6) is -0.620. The van der Waals surface area contributed by atoms with Gasteiger partial charge in [-0.2, -0.15) is 5.10 Å². The molecule has 0 spiro atoms. The molecule has 0 unspecified atom stereocenters. The SMILES string of the molecule is C[C@@H](NC(=O)c1cc2ccc(-c3cn[nH]c3)nc2n1C)c1ccccc1F. The standard InChI is InChI=1S/C20H18FN5O/c1-12(15-5-3-4-6-16(15)21)24-20(27)18-9-13-7-8-17(14-10-22-23-11-14)25-19(13)26(18)2/h3-12H,1-2H3,(H,22,23)(H,24,27)/t12-/m1/s1. The van der Waals surface area contributed by atoms with Crippen molar-refractivity contribution in [3.63, 3.8) is 0 Å². The molecule has 0 radical (unpaired) electrons. The number of amides is 1. The van der Waals surface area contributed by atoms with Gasteiger partial charge in [-0.05, 0) is 31.2 Å². The maximum absolute atomic E-state index is 13.9. The van der Waals surface area contributed by atoms with Gasteiger partial charge in [0.1, 0.15) is 17.2 Å². The van der Waals surface area contributed by atoms with Crippen molar-refractivity contribution in [3.8, 4) is 11.3 Å². The molecule has 0 aliphatic rings. The summed E-state index contributed by atoms with van der Waals surface area (Å²) >= 11 is 0. The van der Waals surface area contributed by atoms with E-state index in [-0.39, 0.29) is 11.7 Å². The maximum Gasteiger partial charge on any atom is 0.268 e. The van der Waals surface area contributed by atoms with Gasteiger partial charge in [-0.15, -0.1) is 0 Å². The Hall–Kier alpha value is -3.48. The Kier molecular flexibility index (Phi) is 4.19. The molecule has 1 atom stereocenters. The van der Waals surface area contributed by atoms with Crippen molar-refractivity contribution in [3.05, 3.63) is 71.9 Å². The summed E-state index contributed by atoms with van der Waals surface area (Å²) in [5, 5.41) is 10.4. The van der Waals surface area contributed by atoms with Crippen molar-refractivity contribution in [1.29, 1.82) is 0 Å². The molecular weight excluding hydrogens is 345 g/mol. The summed E-state index contributed by atoms with van der Waals surface area (Å²) in [6.45, 7) is 1.76. The van der Waals surface area contributed by atoms with Gasteiger partial charge in [-0.3, -0.25) is 9.89 Å². The molecule has 27 heavy (non-hydrogen) atoms. The molecule has 7 heteroatoms. The predicted molar refractivity (Wildman–Crippen MR) is 101 cm³/mol. The maximum atomic E-state index is 13.9. The number of fused-ring (bicyclic) bond motifs is 1. The average Bonchev–Trinajstić information content (AvgIpc) is 3.30. The van der Waals surface area contributed by atoms with Crippen LogP contribution in [0.15, 0.2) is 54.9 Å². The van der Waals surface area contributed by atoms with Crippen molar-refractivity contribution in [2.75, 3.05) is 0 Å². The number of aromatic nitrogens is 4. The van der Waals surface area contributed by atoms with E-state index < -0.39 is 6.04 Å². The predicted octanol–water partition coefficient (Wildman–Crippen LogP) is 3.59. The number of H-pyrrole nitrogens is 1. The van der Waals surface area contributed by atoms with Crippen molar-refractivity contribution >= 4 is 16.9 Å². The van der Waals surface area contributed by atoms with Gasteiger partial charge >= 0.3 is 0 Å². The lowest BCUT2D eigenvalue weighted by Crippen LogP contribution is -2.28. The first kappa shape index (κ1) is 17.0. The molecular formula is C20H18FN5O. The van der Waals surface area contributed by atoms with E-state index in [0.717, 1.165) is 16.6 Å². The third kappa shape index (κ3) is 3.08. The van der Waals surface area contributed by atoms with E-state index in [2.05, 4.69) is 20.5 Å². The minimum atomic E-state index is -0.453. The quantitative estimate of drug-likeness (QED) is 0.582. The lowest BCUT2D eigenvalue weighted by atomic mass is 10.1. The van der Waals surface area contributed by atoms with Gasteiger partial charge in [-0.25, -0.2) is 9.37 Å². The van der Waals surface area contributed by atoms with Crippen LogP contribution in [-0.2, 0) is 7.05 Å². The van der Waals surface area contributed by atoms with Crippen LogP contribution < -0.4 is 5.32 Å². The van der Waals surface area contributed by atoms with Crippen molar-refractivity contribution in [2.45, 2.75) is 13.0 Å². The zero-order chi connectivity index (χ0) is 19.0. The summed E-state index contributed by atoms with van der Waals surface area (Å²) in [6.07, 6.45) is 3.46. The summed E-state index contributed by atoms with van der Waals surface area (Å²) in [4.78, 5) is 17.4. The Morgan fingerprint density at radius 3 is 2.81 bits per heavy atom. The van der Waals surface area contributed by atoms with Crippen LogP contribution in [0.3, 0.4) is 0 Å². The Labute approximate surface area is 155 Å². The molecule has 0 fully saturated rings. The van der Waals surface area contributed by atoms with Crippen LogP contribution in [0.25, 0.3) is 22.3 Å². The number of carbonyl (C=O) groups is 1. The number of carbonyl (C=O) groups excluding carboxylic acids is 1. The van der Waals surface area contributed by atoms with E-state index in [1.54, 1.807) is 55.2 Å². The van der Waals surface area contributed by atoms with Crippen LogP contribution >= 0.6 is 0 Å². The number of benzene rings is 1. The average molecular weight is 363 g/mol. The lowest BCUT2D eigenvalue weighted by molar-refractivity contribution is 0.0931. The van der Waals surface area contributed by atoms with Gasteiger partial charge in [0.2, 0.25) is 0 Å². The highest BCUT2D eigenvalue weighted by Gasteiger charge is 2.19. The van der Waals surface area contributed by atoms with Crippen LogP contribution in [0.2, 0.25) is 0 Å². The third-order valence-corrected chi connectivity index (χ3v) is 4.62. The number of hydrogen-bond acceptors (Lipinski definition) is 3. The molecule has 6 nitrogen and oxygen atoms in total. The smallest absolute Gasteiger partial charge is 0.268 e. The van der Waals surface area contributed by atoms with E-state index in [9.17, 15) is 9.18 Å². The molecule has 3 heterocycles. The van der Waals surface area contributed by atoms with E-state index in [1.165, 1.54) is 6.07 Å². The van der Waals surface area contributed by atoms with E-state index >= 15 is 0 Å². The molecule has 0 aliphatic carbocycles. The summed E-state index contributed by atoms with van der Waals surface area (Å²) in [5.41, 5.74) is 3.24. The Bertz CT molecular complexity index is 1120. The number of rotatable bonds is 4. The zero-order valence-corrected chi connectivity index (χ0v) is 14.9. The molecule has 0 bridgehead atoms. The fourth-order valence-corrected chi connectivity index (χ4v) is 3.14. The van der Waals surface area contributed by atoms with E-state index in [4.69, 9.17) is 0 Å². The summed E-state index contributed by atoms with van der Waals surface area (Å²) in [7, 11) is 1.79. The van der Waals surface area contributed by atoms with Gasteiger partial charge < -0.3 is 9.88 Å². The first-order chi connectivity index (χ1) is 13.0. The van der Waals surface area contributed by atoms with Crippen LogP contribution in [0.5, 0.6) is 0 Å². The van der Waals surface area contributed by atoms with Gasteiger partial charge in [0.25, 0.3) is 5.91 Å². The van der Waals surface area contributed by atoms with Gasteiger partial charge in [0.15, 0.2) is 0 Å². The molecule has 3 aromatic heterocycles. The fraction of sp³-hybridized carbons (Fsp3) is 0.150. The molecule has 1 aromatic carbocycles. The number of nitrogens with one attached hydrogen (secondary N) is 2. The Morgan fingerprint density at radius 2 is 2.07 bits per heavy atom. The second-order valence-corrected chi connectivity index (χ2v) is 6.40. The monoisotopic (exact) mass is 363 g/mol. The minimum absolute atomic E-state index is 0.281. The lowest BCUT2D eigenvalue weighted by Gasteiger charge is -2.15. The molecule has 1 amide bonds. The molecule has 4 rings (SSSR count). The molecule has 2 N–H and O–H groups in total. The van der Waals surface area contributed by atoms with E-state index in [0.29, 0.717) is 16.9 Å². The highest BCUT2D eigenvalue weighted by Crippen LogP contribution is 2.23. The molecule has 0 saturated carbocycles. The topological polar surface area (TPSA) is 75.6 Å². The van der Waals surface area contributed by atoms with Crippen LogP contribution in [0.4, 0.5) is 4.39 Å². The van der Waals surface area contributed by atoms with Crippen LogP contribution in [0.1, 0.15) is 29.0 Å². The van der Waals surface area contributed by atoms with Crippen LogP contribution in [0, 0.1) is 5.82 Å². The first-order valence-corrected chi connectivity index (χ1v) is 8.55. The summed E-state index contributed by atoms with van der Waals surface area (Å²) in [6, 6.07) is 11.6. The van der Waals surface area contributed by atoms with Gasteiger partial charge in [0.05, 0.1) is 17.9 Å². The first-order valence-electron chi connectivity index (χ1n) is 8.55. The van der Waals surface area contributed by atoms with Crippen molar-refractivity contribution < 1.29 is 9.18 Å². The Morgan fingerprint density at radius 1 is 1.26 bits per heavy atom.